The zero-order valence-corrected chi connectivity index (χ0v) is 13.9. The van der Waals surface area contributed by atoms with Gasteiger partial charge in [-0.1, -0.05) is 0 Å². The molecule has 8 nitrogen and oxygen atoms in total. The van der Waals surface area contributed by atoms with Crippen LogP contribution in [-0.4, -0.2) is 42.3 Å². The molecular formula is C17H19N5O3. The lowest BCUT2D eigenvalue weighted by molar-refractivity contribution is 0.112. The van der Waals surface area contributed by atoms with Gasteiger partial charge in [0.1, 0.15) is 18.0 Å². The fraction of sp³-hybridized carbons (Fsp3) is 0.294. The summed E-state index contributed by atoms with van der Waals surface area (Å²) in [5.41, 5.74) is 2.41. The minimum absolute atomic E-state index is 0.0581. The normalized spacial score (nSPS) is 13.2. The Kier molecular flexibility index (Phi) is 4.90. The fourth-order valence-electron chi connectivity index (χ4n) is 2.85. The number of pyridine rings is 2. The molecule has 0 aliphatic carbocycles. The standard InChI is InChI=1S/C17H19N5O3/c1-25-11-20-17(24)22-6-4-14(8-15(22)18)21-5-2-3-13-7-12(10-23)9-19-16(13)21/h4,6-10,18H,2-3,5,11H2,1H3,(H,20,24). The van der Waals surface area contributed by atoms with Crippen molar-refractivity contribution >= 4 is 23.8 Å². The van der Waals surface area contributed by atoms with Gasteiger partial charge in [0.05, 0.1) is 0 Å². The highest BCUT2D eigenvalue weighted by Crippen LogP contribution is 2.31. The predicted molar refractivity (Wildman–Crippen MR) is 91.0 cm³/mol. The molecule has 0 aromatic carbocycles. The second-order valence-electron chi connectivity index (χ2n) is 5.68. The van der Waals surface area contributed by atoms with Crippen molar-refractivity contribution in [3.05, 3.63) is 47.2 Å². The van der Waals surface area contributed by atoms with E-state index < -0.39 is 6.03 Å². The molecule has 2 aromatic heterocycles. The minimum atomic E-state index is -0.425. The Hall–Kier alpha value is -3.00. The van der Waals surface area contributed by atoms with Gasteiger partial charge in [0.15, 0.2) is 6.29 Å². The first-order valence-electron chi connectivity index (χ1n) is 7.90. The number of rotatable bonds is 4. The number of anilines is 2. The first-order chi connectivity index (χ1) is 12.1. The van der Waals surface area contributed by atoms with Gasteiger partial charge in [0, 0.05) is 43.4 Å². The molecule has 3 rings (SSSR count). The quantitative estimate of drug-likeness (QED) is 0.647. The van der Waals surface area contributed by atoms with E-state index in [0.717, 1.165) is 42.7 Å². The molecule has 1 amide bonds. The Bertz CT molecular complexity index is 862. The van der Waals surface area contributed by atoms with E-state index in [1.165, 1.54) is 11.7 Å². The lowest BCUT2D eigenvalue weighted by Gasteiger charge is -2.30. The van der Waals surface area contributed by atoms with Crippen LogP contribution in [0.1, 0.15) is 22.3 Å². The van der Waals surface area contributed by atoms with Gasteiger partial charge in [-0.05, 0) is 30.5 Å². The zero-order chi connectivity index (χ0) is 17.8. The molecule has 0 saturated carbocycles. The number of methoxy groups -OCH3 is 1. The SMILES string of the molecule is COCNC(=O)n1ccc(N2CCCc3cc(C=O)cnc32)cc1=N. The van der Waals surface area contributed by atoms with E-state index in [0.29, 0.717) is 5.56 Å². The summed E-state index contributed by atoms with van der Waals surface area (Å²) in [6, 6.07) is 4.82. The fourth-order valence-corrected chi connectivity index (χ4v) is 2.85. The van der Waals surface area contributed by atoms with Crippen LogP contribution in [0.4, 0.5) is 16.3 Å². The van der Waals surface area contributed by atoms with Crippen molar-refractivity contribution in [1.29, 1.82) is 5.41 Å². The molecule has 0 fully saturated rings. The number of aryl methyl sites for hydroxylation is 1. The molecule has 3 heterocycles. The van der Waals surface area contributed by atoms with Crippen LogP contribution in [0.2, 0.25) is 0 Å². The molecule has 8 heteroatoms. The van der Waals surface area contributed by atoms with Gasteiger partial charge >= 0.3 is 6.03 Å². The number of nitrogens with one attached hydrogen (secondary N) is 2. The van der Waals surface area contributed by atoms with Crippen LogP contribution in [0.3, 0.4) is 0 Å². The first kappa shape index (κ1) is 16.8. The van der Waals surface area contributed by atoms with Crippen molar-refractivity contribution in [2.45, 2.75) is 12.8 Å². The van der Waals surface area contributed by atoms with Crippen molar-refractivity contribution in [3.63, 3.8) is 0 Å². The predicted octanol–water partition coefficient (Wildman–Crippen LogP) is 1.42. The molecule has 0 radical (unpaired) electrons. The summed E-state index contributed by atoms with van der Waals surface area (Å²) >= 11 is 0. The van der Waals surface area contributed by atoms with E-state index in [-0.39, 0.29) is 12.2 Å². The average molecular weight is 341 g/mol. The lowest BCUT2D eigenvalue weighted by Crippen LogP contribution is -2.37. The molecule has 2 aromatic rings. The molecule has 130 valence electrons. The van der Waals surface area contributed by atoms with E-state index in [9.17, 15) is 9.59 Å². The van der Waals surface area contributed by atoms with Gasteiger partial charge in [0.2, 0.25) is 0 Å². The molecule has 0 saturated heterocycles. The smallest absolute Gasteiger partial charge is 0.328 e. The van der Waals surface area contributed by atoms with Gasteiger partial charge in [-0.15, -0.1) is 0 Å². The van der Waals surface area contributed by atoms with Crippen LogP contribution in [-0.2, 0) is 11.2 Å². The average Bonchev–Trinajstić information content (AvgIpc) is 2.65. The Labute approximate surface area is 144 Å². The number of amides is 1. The number of nitrogens with zero attached hydrogens (tertiary/aromatic N) is 3. The topological polar surface area (TPSA) is 100 Å². The molecule has 0 bridgehead atoms. The molecular weight excluding hydrogens is 322 g/mol. The summed E-state index contributed by atoms with van der Waals surface area (Å²) < 4.78 is 6.01. The minimum Gasteiger partial charge on any atom is -0.364 e. The second kappa shape index (κ2) is 7.27. The van der Waals surface area contributed by atoms with Gasteiger partial charge in [0.25, 0.3) is 0 Å². The Morgan fingerprint density at radius 3 is 3.04 bits per heavy atom. The molecule has 25 heavy (non-hydrogen) atoms. The maximum absolute atomic E-state index is 12.0. The van der Waals surface area contributed by atoms with Gasteiger partial charge < -0.3 is 15.0 Å². The third kappa shape index (κ3) is 3.43. The van der Waals surface area contributed by atoms with E-state index >= 15 is 0 Å². The van der Waals surface area contributed by atoms with E-state index in [4.69, 9.17) is 10.1 Å². The number of aromatic nitrogens is 2. The second-order valence-corrected chi connectivity index (χ2v) is 5.68. The van der Waals surface area contributed by atoms with E-state index in [1.807, 2.05) is 11.0 Å². The summed E-state index contributed by atoms with van der Waals surface area (Å²) in [6.07, 6.45) is 5.68. The Morgan fingerprint density at radius 2 is 2.32 bits per heavy atom. The number of carbonyl (C=O) groups excluding carboxylic acids is 2. The van der Waals surface area contributed by atoms with Crippen molar-refractivity contribution in [1.82, 2.24) is 14.9 Å². The van der Waals surface area contributed by atoms with Crippen LogP contribution < -0.4 is 15.7 Å². The lowest BCUT2D eigenvalue weighted by atomic mass is 10.0. The number of aldehydes is 1. The van der Waals surface area contributed by atoms with Gasteiger partial charge in [-0.3, -0.25) is 14.8 Å². The van der Waals surface area contributed by atoms with Crippen LogP contribution in [0.15, 0.2) is 30.6 Å². The van der Waals surface area contributed by atoms with Crippen LogP contribution in [0.25, 0.3) is 0 Å². The van der Waals surface area contributed by atoms with Crippen LogP contribution in [0, 0.1) is 5.41 Å². The summed E-state index contributed by atoms with van der Waals surface area (Å²) in [5.74, 6) is 0.790. The molecule has 0 atom stereocenters. The van der Waals surface area contributed by atoms with Crippen molar-refractivity contribution in [2.24, 2.45) is 0 Å². The van der Waals surface area contributed by atoms with Crippen molar-refractivity contribution in [2.75, 3.05) is 25.3 Å². The largest absolute Gasteiger partial charge is 0.364 e. The van der Waals surface area contributed by atoms with Gasteiger partial charge in [-0.2, -0.15) is 0 Å². The number of carbonyl (C=O) groups is 2. The van der Waals surface area contributed by atoms with Gasteiger partial charge in [-0.25, -0.2) is 9.78 Å². The number of hydrogen-bond acceptors (Lipinski definition) is 6. The number of ether oxygens (including phenoxy) is 1. The zero-order valence-electron chi connectivity index (χ0n) is 13.9. The van der Waals surface area contributed by atoms with E-state index in [2.05, 4.69) is 10.3 Å². The van der Waals surface area contributed by atoms with E-state index in [1.54, 1.807) is 24.5 Å². The summed E-state index contributed by atoms with van der Waals surface area (Å²) in [7, 11) is 1.48. The Morgan fingerprint density at radius 1 is 1.48 bits per heavy atom. The van der Waals surface area contributed by atoms with Crippen molar-refractivity contribution < 1.29 is 14.3 Å². The highest BCUT2D eigenvalue weighted by Gasteiger charge is 2.20. The third-order valence-corrected chi connectivity index (χ3v) is 4.02. The maximum Gasteiger partial charge on any atom is 0.328 e. The highest BCUT2D eigenvalue weighted by atomic mass is 16.5. The molecule has 2 N–H and O–H groups in total. The molecule has 1 aliphatic heterocycles. The molecule has 1 aliphatic rings. The highest BCUT2D eigenvalue weighted by molar-refractivity contribution is 5.78. The molecule has 0 spiro atoms. The monoisotopic (exact) mass is 341 g/mol. The maximum atomic E-state index is 12.0. The van der Waals surface area contributed by atoms with Crippen LogP contribution in [0.5, 0.6) is 0 Å². The number of fused-ring (bicyclic) bond motifs is 1. The van der Waals surface area contributed by atoms with Crippen molar-refractivity contribution in [3.8, 4) is 0 Å². The molecule has 0 unspecified atom stereocenters. The third-order valence-electron chi connectivity index (χ3n) is 4.02. The summed E-state index contributed by atoms with van der Waals surface area (Å²) in [6.45, 7) is 0.843. The summed E-state index contributed by atoms with van der Waals surface area (Å²) in [4.78, 5) is 29.3. The Balaban J connectivity index is 1.91. The first-order valence-corrected chi connectivity index (χ1v) is 7.90. The number of hydrogen-bond donors (Lipinski definition) is 2. The summed E-state index contributed by atoms with van der Waals surface area (Å²) in [5, 5.41) is 10.7. The van der Waals surface area contributed by atoms with Crippen LogP contribution >= 0.6 is 0 Å².